The molecular formula is C19H17N5O3S. The topological polar surface area (TPSA) is 110 Å². The number of hydrogen-bond donors (Lipinski definition) is 2. The van der Waals surface area contributed by atoms with E-state index >= 15 is 0 Å². The molecule has 0 spiro atoms. The smallest absolute Gasteiger partial charge is 0.331 e. The van der Waals surface area contributed by atoms with Crippen molar-refractivity contribution in [2.45, 2.75) is 32.3 Å². The SMILES string of the molecule is Cc1cc(OC2CCC2)ncc1N1C(=O)Nc2ccnc3sc(C(N)=O)c1c23. The van der Waals surface area contributed by atoms with Crippen molar-refractivity contribution >= 4 is 50.6 Å². The Kier molecular flexibility index (Phi) is 3.73. The van der Waals surface area contributed by atoms with Gasteiger partial charge in [0.15, 0.2) is 0 Å². The van der Waals surface area contributed by atoms with Crippen molar-refractivity contribution in [3.05, 3.63) is 35.0 Å². The summed E-state index contributed by atoms with van der Waals surface area (Å²) in [6, 6.07) is 3.14. The number of nitrogens with two attached hydrogens (primary N) is 1. The molecule has 9 heteroatoms. The Labute approximate surface area is 164 Å². The van der Waals surface area contributed by atoms with Gasteiger partial charge in [-0.2, -0.15) is 0 Å². The third-order valence-electron chi connectivity index (χ3n) is 5.10. The number of amides is 3. The first-order valence-corrected chi connectivity index (χ1v) is 9.80. The molecule has 4 heterocycles. The van der Waals surface area contributed by atoms with Gasteiger partial charge in [-0.1, -0.05) is 0 Å². The van der Waals surface area contributed by atoms with Gasteiger partial charge in [-0.25, -0.2) is 14.8 Å². The number of aromatic nitrogens is 2. The van der Waals surface area contributed by atoms with Crippen LogP contribution in [-0.4, -0.2) is 28.0 Å². The number of thiophene rings is 1. The maximum atomic E-state index is 12.9. The molecule has 5 rings (SSSR count). The molecule has 0 aromatic carbocycles. The molecule has 142 valence electrons. The van der Waals surface area contributed by atoms with Crippen LogP contribution in [-0.2, 0) is 0 Å². The van der Waals surface area contributed by atoms with Crippen molar-refractivity contribution in [3.8, 4) is 5.88 Å². The summed E-state index contributed by atoms with van der Waals surface area (Å²) in [7, 11) is 0. The lowest BCUT2D eigenvalue weighted by Gasteiger charge is -2.30. The van der Waals surface area contributed by atoms with Gasteiger partial charge in [0.1, 0.15) is 15.8 Å². The fourth-order valence-electron chi connectivity index (χ4n) is 3.48. The Morgan fingerprint density at radius 1 is 1.39 bits per heavy atom. The number of nitrogens with zero attached hydrogens (tertiary/aromatic N) is 3. The Morgan fingerprint density at radius 2 is 2.21 bits per heavy atom. The van der Waals surface area contributed by atoms with Gasteiger partial charge < -0.3 is 15.8 Å². The predicted octanol–water partition coefficient (Wildman–Crippen LogP) is 3.71. The largest absolute Gasteiger partial charge is 0.474 e. The highest BCUT2D eigenvalue weighted by molar-refractivity contribution is 7.21. The lowest BCUT2D eigenvalue weighted by molar-refractivity contribution is 0.100. The van der Waals surface area contributed by atoms with Gasteiger partial charge in [-0.3, -0.25) is 9.69 Å². The number of hydrogen-bond acceptors (Lipinski definition) is 6. The number of aryl methyl sites for hydroxylation is 1. The van der Waals surface area contributed by atoms with Crippen molar-refractivity contribution in [2.24, 2.45) is 5.73 Å². The lowest BCUT2D eigenvalue weighted by Crippen LogP contribution is -2.35. The maximum absolute atomic E-state index is 12.9. The maximum Gasteiger partial charge on any atom is 0.331 e. The monoisotopic (exact) mass is 395 g/mol. The first-order chi connectivity index (χ1) is 13.5. The van der Waals surface area contributed by atoms with Crippen LogP contribution in [0.4, 0.5) is 21.9 Å². The standard InChI is InChI=1S/C19H17N5O3S/c1-9-7-13(27-10-3-2-4-10)22-8-12(9)24-15-14-11(23-19(24)26)5-6-21-18(14)28-16(15)17(20)25/h5-8,10H,2-4H2,1H3,(H2,20,25)(H,23,26). The summed E-state index contributed by atoms with van der Waals surface area (Å²) in [5, 5.41) is 3.56. The van der Waals surface area contributed by atoms with Crippen LogP contribution in [0.15, 0.2) is 24.5 Å². The van der Waals surface area contributed by atoms with Crippen LogP contribution in [0.2, 0.25) is 0 Å². The van der Waals surface area contributed by atoms with Crippen LogP contribution in [0, 0.1) is 6.92 Å². The van der Waals surface area contributed by atoms with Gasteiger partial charge in [-0.15, -0.1) is 11.3 Å². The first-order valence-electron chi connectivity index (χ1n) is 8.98. The van der Waals surface area contributed by atoms with Crippen LogP contribution < -0.4 is 20.7 Å². The molecule has 1 fully saturated rings. The zero-order valence-corrected chi connectivity index (χ0v) is 15.9. The minimum Gasteiger partial charge on any atom is -0.474 e. The molecule has 28 heavy (non-hydrogen) atoms. The lowest BCUT2D eigenvalue weighted by atomic mass is 9.96. The summed E-state index contributed by atoms with van der Waals surface area (Å²) >= 11 is 1.17. The van der Waals surface area contributed by atoms with Crippen LogP contribution in [0.1, 0.15) is 34.5 Å². The molecule has 0 unspecified atom stereocenters. The summed E-state index contributed by atoms with van der Waals surface area (Å²) in [5.41, 5.74) is 8.04. The highest BCUT2D eigenvalue weighted by Gasteiger charge is 2.34. The summed E-state index contributed by atoms with van der Waals surface area (Å²) in [6.07, 6.45) is 6.65. The number of rotatable bonds is 4. The molecule has 1 aliphatic carbocycles. The third kappa shape index (κ3) is 2.50. The number of nitrogens with one attached hydrogen (secondary N) is 1. The molecule has 1 saturated carbocycles. The molecule has 0 radical (unpaired) electrons. The van der Waals surface area contributed by atoms with E-state index in [1.54, 1.807) is 18.5 Å². The van der Waals surface area contributed by atoms with Crippen LogP contribution in [0.5, 0.6) is 5.88 Å². The minimum absolute atomic E-state index is 0.215. The number of ether oxygens (including phenoxy) is 1. The van der Waals surface area contributed by atoms with Crippen molar-refractivity contribution in [2.75, 3.05) is 10.2 Å². The number of pyridine rings is 2. The van der Waals surface area contributed by atoms with Gasteiger partial charge in [0.2, 0.25) is 5.88 Å². The highest BCUT2D eigenvalue weighted by atomic mass is 32.1. The van der Waals surface area contributed by atoms with Crippen molar-refractivity contribution in [1.29, 1.82) is 0 Å². The average Bonchev–Trinajstić information content (AvgIpc) is 3.01. The van der Waals surface area contributed by atoms with E-state index < -0.39 is 5.91 Å². The fourth-order valence-corrected chi connectivity index (χ4v) is 4.48. The Morgan fingerprint density at radius 3 is 2.89 bits per heavy atom. The van der Waals surface area contributed by atoms with E-state index in [2.05, 4.69) is 15.3 Å². The van der Waals surface area contributed by atoms with Crippen LogP contribution in [0.25, 0.3) is 10.2 Å². The fraction of sp³-hybridized carbons (Fsp3) is 0.263. The minimum atomic E-state index is -0.598. The highest BCUT2D eigenvalue weighted by Crippen LogP contribution is 2.47. The van der Waals surface area contributed by atoms with E-state index in [0.717, 1.165) is 18.4 Å². The molecule has 3 aromatic rings. The Balaban J connectivity index is 1.64. The third-order valence-corrected chi connectivity index (χ3v) is 6.20. The summed E-state index contributed by atoms with van der Waals surface area (Å²) in [4.78, 5) is 36.1. The number of carbonyl (C=O) groups is 2. The summed E-state index contributed by atoms with van der Waals surface area (Å²) < 4.78 is 5.85. The Hall–Kier alpha value is -3.20. The van der Waals surface area contributed by atoms with Crippen molar-refractivity contribution in [3.63, 3.8) is 0 Å². The van der Waals surface area contributed by atoms with Crippen LogP contribution in [0.3, 0.4) is 0 Å². The molecule has 0 atom stereocenters. The molecule has 8 nitrogen and oxygen atoms in total. The molecule has 0 bridgehead atoms. The van der Waals surface area contributed by atoms with E-state index in [1.165, 1.54) is 22.7 Å². The van der Waals surface area contributed by atoms with Crippen LogP contribution >= 0.6 is 11.3 Å². The van der Waals surface area contributed by atoms with Gasteiger partial charge in [0.25, 0.3) is 5.91 Å². The molecule has 3 amide bonds. The molecular weight excluding hydrogens is 378 g/mol. The second-order valence-corrected chi connectivity index (χ2v) is 7.93. The average molecular weight is 395 g/mol. The Bertz CT molecular complexity index is 1140. The summed E-state index contributed by atoms with van der Waals surface area (Å²) in [6.45, 7) is 1.88. The second kappa shape index (κ2) is 6.16. The van der Waals surface area contributed by atoms with Gasteiger partial charge in [-0.05, 0) is 37.8 Å². The molecule has 3 aromatic heterocycles. The predicted molar refractivity (Wildman–Crippen MR) is 107 cm³/mol. The van der Waals surface area contributed by atoms with E-state index in [-0.39, 0.29) is 12.1 Å². The quantitative estimate of drug-likeness (QED) is 0.700. The molecule has 0 saturated heterocycles. The second-order valence-electron chi connectivity index (χ2n) is 6.93. The number of urea groups is 1. The van der Waals surface area contributed by atoms with E-state index in [4.69, 9.17) is 10.5 Å². The first kappa shape index (κ1) is 16.9. The van der Waals surface area contributed by atoms with Gasteiger partial charge >= 0.3 is 6.03 Å². The number of carbonyl (C=O) groups excluding carboxylic acids is 2. The van der Waals surface area contributed by atoms with Crippen molar-refractivity contribution in [1.82, 2.24) is 9.97 Å². The van der Waals surface area contributed by atoms with Gasteiger partial charge in [0, 0.05) is 12.3 Å². The zero-order valence-electron chi connectivity index (χ0n) is 15.1. The van der Waals surface area contributed by atoms with E-state index in [9.17, 15) is 9.59 Å². The van der Waals surface area contributed by atoms with E-state index in [1.807, 2.05) is 13.0 Å². The number of primary amides is 1. The zero-order chi connectivity index (χ0) is 19.4. The van der Waals surface area contributed by atoms with Crippen molar-refractivity contribution < 1.29 is 14.3 Å². The summed E-state index contributed by atoms with van der Waals surface area (Å²) in [5.74, 6) is -0.0600. The normalized spacial score (nSPS) is 16.0. The molecule has 3 N–H and O–H groups in total. The molecule has 2 aliphatic rings. The van der Waals surface area contributed by atoms with Gasteiger partial charge in [0.05, 0.1) is 28.6 Å². The number of anilines is 3. The molecule has 1 aliphatic heterocycles. The van der Waals surface area contributed by atoms with E-state index in [0.29, 0.717) is 38.0 Å².